The van der Waals surface area contributed by atoms with Crippen LogP contribution in [0.4, 0.5) is 0 Å². The molecule has 1 aromatic heterocycles. The Bertz CT molecular complexity index is 571. The molecule has 0 radical (unpaired) electrons. The zero-order valence-electron chi connectivity index (χ0n) is 13.6. The third kappa shape index (κ3) is 3.33. The lowest BCUT2D eigenvalue weighted by molar-refractivity contribution is -0.144. The van der Waals surface area contributed by atoms with E-state index in [1.54, 1.807) is 19.1 Å². The first-order valence-electron chi connectivity index (χ1n) is 8.17. The summed E-state index contributed by atoms with van der Waals surface area (Å²) in [5.74, 6) is 0.572. The fourth-order valence-corrected chi connectivity index (χ4v) is 3.65. The van der Waals surface area contributed by atoms with Gasteiger partial charge >= 0.3 is 0 Å². The summed E-state index contributed by atoms with van der Waals surface area (Å²) in [5.41, 5.74) is 0.244. The summed E-state index contributed by atoms with van der Waals surface area (Å²) >= 11 is 0. The number of nitrogens with zero attached hydrogens (tertiary/aromatic N) is 2. The molecule has 0 unspecified atom stereocenters. The van der Waals surface area contributed by atoms with E-state index in [1.807, 2.05) is 4.90 Å². The van der Waals surface area contributed by atoms with Crippen molar-refractivity contribution in [2.45, 2.75) is 32.3 Å². The molecule has 0 aliphatic carbocycles. The normalized spacial score (nSPS) is 27.5. The molecule has 0 spiro atoms. The average Bonchev–Trinajstić information content (AvgIpc) is 3.00. The van der Waals surface area contributed by atoms with Crippen LogP contribution in [0.3, 0.4) is 0 Å². The number of piperidine rings is 1. The Labute approximate surface area is 136 Å². The first-order valence-corrected chi connectivity index (χ1v) is 8.17. The van der Waals surface area contributed by atoms with Crippen molar-refractivity contribution in [3.05, 3.63) is 30.2 Å². The van der Waals surface area contributed by atoms with Crippen LogP contribution < -0.4 is 0 Å². The minimum absolute atomic E-state index is 0.0750. The molecule has 1 aromatic rings. The minimum atomic E-state index is -0.131. The van der Waals surface area contributed by atoms with Crippen LogP contribution in [-0.4, -0.2) is 55.0 Å². The number of ether oxygens (including phenoxy) is 2. The Balaban J connectivity index is 1.74. The summed E-state index contributed by atoms with van der Waals surface area (Å²) in [6, 6.07) is 1.69. The summed E-state index contributed by atoms with van der Waals surface area (Å²) in [6.45, 7) is 8.70. The summed E-state index contributed by atoms with van der Waals surface area (Å²) in [5, 5.41) is 3.85. The Hall–Kier alpha value is -1.66. The molecule has 6 nitrogen and oxygen atoms in total. The molecule has 0 aromatic carbocycles. The molecule has 0 bridgehead atoms. The Kier molecular flexibility index (Phi) is 4.82. The van der Waals surface area contributed by atoms with Crippen molar-refractivity contribution in [3.8, 4) is 0 Å². The van der Waals surface area contributed by atoms with E-state index in [-0.39, 0.29) is 17.4 Å². The highest BCUT2D eigenvalue weighted by Crippen LogP contribution is 2.40. The van der Waals surface area contributed by atoms with Crippen molar-refractivity contribution in [2.24, 2.45) is 5.41 Å². The van der Waals surface area contributed by atoms with Crippen LogP contribution in [0, 0.1) is 12.3 Å². The van der Waals surface area contributed by atoms with Crippen LogP contribution in [0.25, 0.3) is 0 Å². The number of amides is 1. The molecular weight excluding hydrogens is 296 g/mol. The molecule has 0 N–H and O–H groups in total. The molecule has 2 aliphatic heterocycles. The molecule has 23 heavy (non-hydrogen) atoms. The molecule has 2 aliphatic rings. The van der Waals surface area contributed by atoms with Crippen molar-refractivity contribution in [2.75, 3.05) is 32.9 Å². The van der Waals surface area contributed by atoms with Crippen molar-refractivity contribution < 1.29 is 18.8 Å². The predicted molar refractivity (Wildman–Crippen MR) is 84.2 cm³/mol. The second kappa shape index (κ2) is 6.84. The van der Waals surface area contributed by atoms with E-state index in [0.29, 0.717) is 37.8 Å². The second-order valence-electron chi connectivity index (χ2n) is 6.47. The molecule has 2 saturated heterocycles. The molecule has 2 atom stereocenters. The quantitative estimate of drug-likeness (QED) is 0.615. The van der Waals surface area contributed by atoms with E-state index < -0.39 is 0 Å². The van der Waals surface area contributed by atoms with Crippen molar-refractivity contribution in [3.63, 3.8) is 0 Å². The van der Waals surface area contributed by atoms with Crippen LogP contribution in [0.2, 0.25) is 0 Å². The van der Waals surface area contributed by atoms with Crippen molar-refractivity contribution in [1.29, 1.82) is 0 Å². The van der Waals surface area contributed by atoms with E-state index in [1.165, 1.54) is 0 Å². The van der Waals surface area contributed by atoms with Gasteiger partial charge < -0.3 is 18.9 Å². The SMILES string of the molecule is C=CCOC[C@]12CCCO[C@H]1CCN(C(=O)c1cc(C)on1)C2. The van der Waals surface area contributed by atoms with E-state index in [9.17, 15) is 4.79 Å². The Morgan fingerprint density at radius 1 is 1.65 bits per heavy atom. The van der Waals surface area contributed by atoms with Crippen LogP contribution in [0.5, 0.6) is 0 Å². The smallest absolute Gasteiger partial charge is 0.276 e. The van der Waals surface area contributed by atoms with Gasteiger partial charge in [0.05, 0.1) is 19.3 Å². The highest BCUT2D eigenvalue weighted by atomic mass is 16.5. The van der Waals surface area contributed by atoms with Crippen molar-refractivity contribution in [1.82, 2.24) is 10.1 Å². The zero-order chi connectivity index (χ0) is 16.3. The predicted octanol–water partition coefficient (Wildman–Crippen LogP) is 2.20. The maximum Gasteiger partial charge on any atom is 0.276 e. The first-order chi connectivity index (χ1) is 11.1. The lowest BCUT2D eigenvalue weighted by Gasteiger charge is -2.50. The summed E-state index contributed by atoms with van der Waals surface area (Å²) in [6.07, 6.45) is 4.75. The monoisotopic (exact) mass is 320 g/mol. The van der Waals surface area contributed by atoms with Gasteiger partial charge in [-0.15, -0.1) is 6.58 Å². The van der Waals surface area contributed by atoms with E-state index in [2.05, 4.69) is 11.7 Å². The number of hydrogen-bond acceptors (Lipinski definition) is 5. The molecule has 2 fully saturated rings. The lowest BCUT2D eigenvalue weighted by atomic mass is 9.73. The Morgan fingerprint density at radius 3 is 3.26 bits per heavy atom. The number of carbonyl (C=O) groups is 1. The van der Waals surface area contributed by atoms with Crippen molar-refractivity contribution >= 4 is 5.91 Å². The summed E-state index contributed by atoms with van der Waals surface area (Å²) < 4.78 is 16.8. The van der Waals surface area contributed by atoms with Gasteiger partial charge in [-0.05, 0) is 26.2 Å². The topological polar surface area (TPSA) is 64.8 Å². The maximum atomic E-state index is 12.7. The van der Waals surface area contributed by atoms with Crippen LogP contribution in [-0.2, 0) is 9.47 Å². The van der Waals surface area contributed by atoms with Crippen LogP contribution in [0.15, 0.2) is 23.2 Å². The molecule has 0 saturated carbocycles. The summed E-state index contributed by atoms with van der Waals surface area (Å²) in [4.78, 5) is 14.5. The van der Waals surface area contributed by atoms with Gasteiger partial charge in [0.2, 0.25) is 0 Å². The molecule has 3 heterocycles. The first kappa shape index (κ1) is 16.2. The molecule has 3 rings (SSSR count). The molecule has 126 valence electrons. The number of hydrogen-bond donors (Lipinski definition) is 0. The highest BCUT2D eigenvalue weighted by Gasteiger charge is 2.47. The highest BCUT2D eigenvalue weighted by molar-refractivity contribution is 5.92. The number of fused-ring (bicyclic) bond motifs is 1. The van der Waals surface area contributed by atoms with Gasteiger partial charge in [-0.3, -0.25) is 4.79 Å². The van der Waals surface area contributed by atoms with Gasteiger partial charge in [0, 0.05) is 31.2 Å². The third-order valence-corrected chi connectivity index (χ3v) is 4.75. The summed E-state index contributed by atoms with van der Waals surface area (Å²) in [7, 11) is 0. The number of aryl methyl sites for hydroxylation is 1. The van der Waals surface area contributed by atoms with Gasteiger partial charge in [0.25, 0.3) is 5.91 Å². The van der Waals surface area contributed by atoms with E-state index >= 15 is 0 Å². The zero-order valence-corrected chi connectivity index (χ0v) is 13.6. The largest absolute Gasteiger partial charge is 0.377 e. The molecule has 1 amide bonds. The number of carbonyl (C=O) groups excluding carboxylic acids is 1. The molecule has 6 heteroatoms. The lowest BCUT2D eigenvalue weighted by Crippen LogP contribution is -2.58. The van der Waals surface area contributed by atoms with Crippen LogP contribution in [0.1, 0.15) is 35.5 Å². The Morgan fingerprint density at radius 2 is 2.52 bits per heavy atom. The average molecular weight is 320 g/mol. The number of likely N-dealkylation sites (tertiary alicyclic amines) is 1. The number of rotatable bonds is 5. The van der Waals surface area contributed by atoms with Gasteiger partial charge in [0.1, 0.15) is 5.76 Å². The fraction of sp³-hybridized carbons (Fsp3) is 0.647. The fourth-order valence-electron chi connectivity index (χ4n) is 3.65. The second-order valence-corrected chi connectivity index (χ2v) is 6.47. The van der Waals surface area contributed by atoms with Crippen LogP contribution >= 0.6 is 0 Å². The number of aromatic nitrogens is 1. The van der Waals surface area contributed by atoms with E-state index in [0.717, 1.165) is 25.9 Å². The molecular formula is C17H24N2O4. The van der Waals surface area contributed by atoms with E-state index in [4.69, 9.17) is 14.0 Å². The van der Waals surface area contributed by atoms with Gasteiger partial charge in [-0.2, -0.15) is 0 Å². The minimum Gasteiger partial charge on any atom is -0.377 e. The van der Waals surface area contributed by atoms with Gasteiger partial charge in [0.15, 0.2) is 5.69 Å². The van der Waals surface area contributed by atoms with Gasteiger partial charge in [-0.25, -0.2) is 0 Å². The van der Waals surface area contributed by atoms with Gasteiger partial charge in [-0.1, -0.05) is 11.2 Å². The standard InChI is InChI=1S/C17H24N2O4/c1-3-8-21-12-17-6-4-9-22-15(17)5-7-19(11-17)16(20)14-10-13(2)23-18-14/h3,10,15H,1,4-9,11-12H2,2H3/t15-,17+/m0/s1. The third-order valence-electron chi connectivity index (χ3n) is 4.75. The maximum absolute atomic E-state index is 12.7.